The number of hydrogen-bond donors (Lipinski definition) is 0. The topological polar surface area (TPSA) is 31.2 Å². The van der Waals surface area contributed by atoms with E-state index in [9.17, 15) is 0 Å². The molecule has 0 N–H and O–H groups in total. The van der Waals surface area contributed by atoms with E-state index in [1.54, 1.807) is 0 Å². The van der Waals surface area contributed by atoms with E-state index in [1.165, 1.54) is 21.8 Å². The molecule has 188 valence electrons. The Morgan fingerprint density at radius 2 is 1.05 bits per heavy atom. The minimum absolute atomic E-state index is 0.843. The lowest BCUT2D eigenvalue weighted by atomic mass is 9.97. The van der Waals surface area contributed by atoms with Gasteiger partial charge in [0.1, 0.15) is 22.3 Å². The van der Waals surface area contributed by atoms with Crippen LogP contribution in [0.15, 0.2) is 135 Å². The molecule has 0 aliphatic heterocycles. The normalized spacial score (nSPS) is 12.1. The summed E-state index contributed by atoms with van der Waals surface area (Å²) >= 11 is 4.06. The first-order valence-corrected chi connectivity index (χ1v) is 14.1. The van der Waals surface area contributed by atoms with Gasteiger partial charge in [0.2, 0.25) is 0 Å². The van der Waals surface area contributed by atoms with Crippen LogP contribution in [0.1, 0.15) is 0 Å². The molecular weight excluding hydrogens is 558 g/mol. The molecule has 3 aromatic heterocycles. The molecule has 0 saturated heterocycles. The predicted molar refractivity (Wildman–Crippen MR) is 168 cm³/mol. The molecule has 0 atom stereocenters. The van der Waals surface area contributed by atoms with E-state index < -0.39 is 0 Å². The maximum absolute atomic E-state index is 6.44. The average molecular weight is 578 g/mol. The first kappa shape index (κ1) is 22.1. The van der Waals surface area contributed by atoms with Crippen LogP contribution in [0.3, 0.4) is 0 Å². The fourth-order valence-electron chi connectivity index (χ4n) is 6.40. The van der Waals surface area contributed by atoms with Crippen LogP contribution in [0, 0.1) is 0 Å². The van der Waals surface area contributed by atoms with Gasteiger partial charge in [0.25, 0.3) is 0 Å². The molecule has 9 rings (SSSR count). The van der Waals surface area contributed by atoms with Gasteiger partial charge in [-0.25, -0.2) is 0 Å². The molecule has 3 heterocycles. The van der Waals surface area contributed by atoms with Crippen LogP contribution in [-0.2, 0) is 0 Å². The number of benzene rings is 6. The first-order valence-electron chi connectivity index (χ1n) is 13.3. The van der Waals surface area contributed by atoms with Gasteiger partial charge in [-0.2, -0.15) is 0 Å². The van der Waals surface area contributed by atoms with Gasteiger partial charge < -0.3 is 13.4 Å². The molecule has 0 amide bonds. The highest BCUT2D eigenvalue weighted by atomic mass is 79.9. The second-order valence-corrected chi connectivity index (χ2v) is 11.0. The lowest BCUT2D eigenvalue weighted by Crippen LogP contribution is -1.95. The zero-order valence-corrected chi connectivity index (χ0v) is 22.8. The summed E-state index contributed by atoms with van der Waals surface area (Å²) in [6, 6.07) is 42.3. The van der Waals surface area contributed by atoms with Crippen molar-refractivity contribution in [2.45, 2.75) is 0 Å². The molecule has 0 spiro atoms. The number of halogens is 1. The Morgan fingerprint density at radius 3 is 1.85 bits per heavy atom. The quantitative estimate of drug-likeness (QED) is 0.204. The number of aromatic nitrogens is 1. The molecule has 40 heavy (non-hydrogen) atoms. The highest BCUT2D eigenvalue weighted by Crippen LogP contribution is 2.45. The fourth-order valence-corrected chi connectivity index (χ4v) is 7.10. The number of nitrogens with zero attached hydrogens (tertiary/aromatic N) is 1. The van der Waals surface area contributed by atoms with Crippen molar-refractivity contribution >= 4 is 81.6 Å². The van der Waals surface area contributed by atoms with Gasteiger partial charge in [-0.1, -0.05) is 84.9 Å². The summed E-state index contributed by atoms with van der Waals surface area (Å²) in [5, 5.41) is 6.83. The third-order valence-electron chi connectivity index (χ3n) is 8.09. The van der Waals surface area contributed by atoms with Crippen LogP contribution < -0.4 is 0 Å². The smallest absolute Gasteiger partial charge is 0.143 e. The van der Waals surface area contributed by atoms with E-state index in [2.05, 4.69) is 124 Å². The largest absolute Gasteiger partial charge is 0.456 e. The lowest BCUT2D eigenvalue weighted by Gasteiger charge is -2.12. The average Bonchev–Trinajstić information content (AvgIpc) is 3.67. The fraction of sp³-hybridized carbons (Fsp3) is 0. The van der Waals surface area contributed by atoms with Crippen LogP contribution in [0.5, 0.6) is 0 Å². The second-order valence-electron chi connectivity index (χ2n) is 10.2. The van der Waals surface area contributed by atoms with E-state index >= 15 is 0 Å². The van der Waals surface area contributed by atoms with Crippen LogP contribution >= 0.6 is 15.9 Å². The predicted octanol–water partition coefficient (Wildman–Crippen LogP) is 11.0. The summed E-state index contributed by atoms with van der Waals surface area (Å²) in [5.74, 6) is 0. The summed E-state index contributed by atoms with van der Waals surface area (Å²) < 4.78 is 16.2. The van der Waals surface area contributed by atoms with E-state index in [-0.39, 0.29) is 0 Å². The SMILES string of the molecule is Brc1c(-n2c3ccccc3c3ccccc32)ccc2oc3cccc(-c4cccc5c4oc4ccccc45)c3c12. The minimum Gasteiger partial charge on any atom is -0.456 e. The maximum Gasteiger partial charge on any atom is 0.143 e. The van der Waals surface area contributed by atoms with Gasteiger partial charge in [0.15, 0.2) is 0 Å². The van der Waals surface area contributed by atoms with Gasteiger partial charge in [-0.05, 0) is 57.9 Å². The molecule has 4 heteroatoms. The van der Waals surface area contributed by atoms with Crippen molar-refractivity contribution in [3.63, 3.8) is 0 Å². The summed E-state index contributed by atoms with van der Waals surface area (Å²) in [5.41, 5.74) is 9.02. The number of furan rings is 2. The van der Waals surface area contributed by atoms with Crippen molar-refractivity contribution in [2.75, 3.05) is 0 Å². The Hall–Kier alpha value is -4.80. The Morgan fingerprint density at radius 1 is 0.450 bits per heavy atom. The molecule has 0 unspecified atom stereocenters. The van der Waals surface area contributed by atoms with Crippen molar-refractivity contribution in [1.82, 2.24) is 4.57 Å². The molecule has 0 aliphatic carbocycles. The van der Waals surface area contributed by atoms with Gasteiger partial charge in [0, 0.05) is 37.9 Å². The molecule has 0 radical (unpaired) electrons. The van der Waals surface area contributed by atoms with Crippen molar-refractivity contribution in [2.24, 2.45) is 0 Å². The van der Waals surface area contributed by atoms with Crippen molar-refractivity contribution < 1.29 is 8.83 Å². The first-order chi connectivity index (χ1) is 19.8. The van der Waals surface area contributed by atoms with E-state index in [4.69, 9.17) is 8.83 Å². The van der Waals surface area contributed by atoms with Crippen LogP contribution in [0.4, 0.5) is 0 Å². The van der Waals surface area contributed by atoms with Gasteiger partial charge >= 0.3 is 0 Å². The Balaban J connectivity index is 1.39. The molecular formula is C36H20BrNO2. The Kier molecular flexibility index (Phi) is 4.47. The highest BCUT2D eigenvalue weighted by molar-refractivity contribution is 9.10. The lowest BCUT2D eigenvalue weighted by molar-refractivity contribution is 0.668. The molecule has 3 nitrogen and oxygen atoms in total. The Labute approximate surface area is 237 Å². The molecule has 0 bridgehead atoms. The van der Waals surface area contributed by atoms with Crippen molar-refractivity contribution in [3.05, 3.63) is 126 Å². The van der Waals surface area contributed by atoms with Gasteiger partial charge in [-0.15, -0.1) is 0 Å². The molecule has 6 aromatic carbocycles. The third kappa shape index (κ3) is 2.89. The minimum atomic E-state index is 0.843. The molecule has 9 aromatic rings. The highest BCUT2D eigenvalue weighted by Gasteiger charge is 2.21. The third-order valence-corrected chi connectivity index (χ3v) is 8.90. The Bertz CT molecular complexity index is 2400. The van der Waals surface area contributed by atoms with Gasteiger partial charge in [-0.3, -0.25) is 0 Å². The number of fused-ring (bicyclic) bond motifs is 9. The number of rotatable bonds is 2. The summed E-state index contributed by atoms with van der Waals surface area (Å²) in [7, 11) is 0. The monoisotopic (exact) mass is 577 g/mol. The van der Waals surface area contributed by atoms with E-state index in [0.717, 1.165) is 65.2 Å². The van der Waals surface area contributed by atoms with E-state index in [0.29, 0.717) is 0 Å². The number of para-hydroxylation sites is 4. The zero-order chi connectivity index (χ0) is 26.4. The van der Waals surface area contributed by atoms with Crippen LogP contribution in [-0.4, -0.2) is 4.57 Å². The maximum atomic E-state index is 6.44. The summed E-state index contributed by atoms with van der Waals surface area (Å²) in [6.45, 7) is 0. The van der Waals surface area contributed by atoms with Gasteiger partial charge in [0.05, 0.1) is 21.2 Å². The zero-order valence-electron chi connectivity index (χ0n) is 21.2. The molecule has 0 saturated carbocycles. The van der Waals surface area contributed by atoms with Crippen LogP contribution in [0.25, 0.3) is 82.5 Å². The number of hydrogen-bond acceptors (Lipinski definition) is 2. The summed E-state index contributed by atoms with van der Waals surface area (Å²) in [4.78, 5) is 0. The molecule has 0 fully saturated rings. The molecule has 0 aliphatic rings. The second kappa shape index (κ2) is 8.10. The van der Waals surface area contributed by atoms with Crippen LogP contribution in [0.2, 0.25) is 0 Å². The summed E-state index contributed by atoms with van der Waals surface area (Å²) in [6.07, 6.45) is 0. The van der Waals surface area contributed by atoms with E-state index in [1.807, 2.05) is 18.2 Å². The standard InChI is InChI=1S/C36H20BrNO2/c37-35-29(38-27-15-4-1-9-21(27)22-10-2-5-16-28(22)38)19-20-32-34(35)33-24(12-8-18-31(33)39-32)26-14-7-13-25-23-11-3-6-17-30(23)40-36(25)26/h1-20H. The van der Waals surface area contributed by atoms with Crippen molar-refractivity contribution in [3.8, 4) is 16.8 Å². The van der Waals surface area contributed by atoms with Crippen molar-refractivity contribution in [1.29, 1.82) is 0 Å².